The molecule has 0 unspecified atom stereocenters. The van der Waals surface area contributed by atoms with Gasteiger partial charge in [0.15, 0.2) is 16.7 Å². The lowest BCUT2D eigenvalue weighted by molar-refractivity contribution is -0.122. The molecule has 0 aliphatic carbocycles. The second-order valence-electron chi connectivity index (χ2n) is 8.84. The average molecular weight is 624 g/mol. The van der Waals surface area contributed by atoms with Crippen LogP contribution in [0.1, 0.15) is 64.4 Å². The minimum Gasteiger partial charge on any atom is -0.493 e. The molecule has 1 saturated heterocycles. The fourth-order valence-electron chi connectivity index (χ4n) is 3.91. The highest BCUT2D eigenvalue weighted by atomic mass is 79.9. The zero-order valence-electron chi connectivity index (χ0n) is 22.1. The van der Waals surface area contributed by atoms with E-state index >= 15 is 0 Å². The maximum atomic E-state index is 13.1. The predicted octanol–water partition coefficient (Wildman–Crippen LogP) is 7.27. The summed E-state index contributed by atoms with van der Waals surface area (Å²) < 4.78 is 41.9. The van der Waals surface area contributed by atoms with Gasteiger partial charge in [-0.05, 0) is 73.1 Å². The molecule has 1 aliphatic heterocycles. The molecule has 0 atom stereocenters. The maximum Gasteiger partial charge on any atom is 0.284 e. The number of halogens is 1. The van der Waals surface area contributed by atoms with Gasteiger partial charge >= 0.3 is 0 Å². The van der Waals surface area contributed by atoms with Crippen LogP contribution in [0.15, 0.2) is 61.1 Å². The van der Waals surface area contributed by atoms with E-state index in [4.69, 9.17) is 9.47 Å². The van der Waals surface area contributed by atoms with Gasteiger partial charge in [-0.2, -0.15) is 8.42 Å². The third kappa shape index (κ3) is 8.35. The number of benzene rings is 2. The Balaban J connectivity index is 1.73. The molecule has 0 saturated carbocycles. The van der Waals surface area contributed by atoms with Gasteiger partial charge in [-0.25, -0.2) is 0 Å². The van der Waals surface area contributed by atoms with Crippen molar-refractivity contribution in [3.05, 3.63) is 57.4 Å². The van der Waals surface area contributed by atoms with Crippen LogP contribution < -0.4 is 9.47 Å². The summed E-state index contributed by atoms with van der Waals surface area (Å²) in [5.74, 6) is 0.949. The highest BCUT2D eigenvalue weighted by molar-refractivity contribution is 9.10. The van der Waals surface area contributed by atoms with Crippen molar-refractivity contribution >= 4 is 54.9 Å². The zero-order valence-corrected chi connectivity index (χ0v) is 25.3. The number of carbonyl (C=O) groups is 1. The second-order valence-corrected chi connectivity index (χ2v) is 12.4. The molecule has 3 rings (SSSR count). The van der Waals surface area contributed by atoms with E-state index in [-0.39, 0.29) is 16.0 Å². The lowest BCUT2D eigenvalue weighted by atomic mass is 10.1. The van der Waals surface area contributed by atoms with Crippen LogP contribution in [0.5, 0.6) is 11.5 Å². The first-order valence-electron chi connectivity index (χ1n) is 12.9. The number of hydrogen-bond donors (Lipinski definition) is 0. The van der Waals surface area contributed by atoms with Crippen LogP contribution in [0.25, 0.3) is 6.08 Å². The molecule has 0 radical (unpaired) electrons. The van der Waals surface area contributed by atoms with Crippen molar-refractivity contribution in [1.82, 2.24) is 4.90 Å². The number of methoxy groups -OCH3 is 1. The number of unbranched alkanes of at least 4 members (excludes halogenated alkanes) is 6. The molecule has 206 valence electrons. The highest BCUT2D eigenvalue weighted by Gasteiger charge is 2.34. The maximum absolute atomic E-state index is 13.1. The van der Waals surface area contributed by atoms with E-state index in [1.54, 1.807) is 38.3 Å². The predicted molar refractivity (Wildman–Crippen MR) is 158 cm³/mol. The molecule has 1 heterocycles. The van der Waals surface area contributed by atoms with Crippen LogP contribution in [0.3, 0.4) is 0 Å². The molecule has 7 nitrogen and oxygen atoms in total. The van der Waals surface area contributed by atoms with Gasteiger partial charge in [0.25, 0.3) is 15.9 Å². The van der Waals surface area contributed by atoms with E-state index in [9.17, 15) is 13.2 Å². The molecule has 1 aliphatic rings. The Kier molecular flexibility index (Phi) is 11.7. The van der Waals surface area contributed by atoms with Gasteiger partial charge in [-0.15, -0.1) is 4.40 Å². The number of likely N-dealkylation sites (N-methyl/N-ethyl adjacent to an activating group) is 1. The van der Waals surface area contributed by atoms with E-state index in [2.05, 4.69) is 27.3 Å². The van der Waals surface area contributed by atoms with E-state index in [1.165, 1.54) is 49.1 Å². The summed E-state index contributed by atoms with van der Waals surface area (Å²) in [5, 5.41) is 0.135. The molecular weight excluding hydrogens is 588 g/mol. The first kappa shape index (κ1) is 30.2. The normalized spacial score (nSPS) is 16.0. The number of carbonyl (C=O) groups excluding carboxylic acids is 1. The van der Waals surface area contributed by atoms with E-state index < -0.39 is 10.0 Å². The van der Waals surface area contributed by atoms with E-state index in [0.717, 1.165) is 34.6 Å². The monoisotopic (exact) mass is 622 g/mol. The molecule has 38 heavy (non-hydrogen) atoms. The summed E-state index contributed by atoms with van der Waals surface area (Å²) in [6, 6.07) is 11.7. The molecular formula is C28H35BrN2O5S2. The summed E-state index contributed by atoms with van der Waals surface area (Å²) in [7, 11) is -2.38. The molecule has 1 amide bonds. The molecule has 10 heteroatoms. The SMILES string of the molecule is CCCCCCCCCOc1cc(/C=C2\SC(=NS(=O)(=O)c3ccc(Br)cc3)N(CC)C2=O)ccc1OC. The zero-order chi connectivity index (χ0) is 27.5. The van der Waals surface area contributed by atoms with Crippen LogP contribution >= 0.6 is 27.7 Å². The Morgan fingerprint density at radius 2 is 1.66 bits per heavy atom. The fourth-order valence-corrected chi connectivity index (χ4v) is 6.41. The van der Waals surface area contributed by atoms with Crippen molar-refractivity contribution in [2.45, 2.75) is 63.7 Å². The van der Waals surface area contributed by atoms with Crippen LogP contribution in [-0.2, 0) is 14.8 Å². The molecule has 0 spiro atoms. The molecule has 0 bridgehead atoms. The lowest BCUT2D eigenvalue weighted by Gasteiger charge is -2.12. The number of hydrogen-bond acceptors (Lipinski definition) is 6. The van der Waals surface area contributed by atoms with Crippen LogP contribution in [0.4, 0.5) is 0 Å². The molecule has 1 fully saturated rings. The van der Waals surface area contributed by atoms with E-state index in [0.29, 0.717) is 29.6 Å². The number of ether oxygens (including phenoxy) is 2. The van der Waals surface area contributed by atoms with Crippen molar-refractivity contribution in [1.29, 1.82) is 0 Å². The van der Waals surface area contributed by atoms with Gasteiger partial charge in [0, 0.05) is 11.0 Å². The van der Waals surface area contributed by atoms with Gasteiger partial charge in [0.1, 0.15) is 0 Å². The average Bonchev–Trinajstić information content (AvgIpc) is 3.18. The Morgan fingerprint density at radius 3 is 2.32 bits per heavy atom. The highest BCUT2D eigenvalue weighted by Crippen LogP contribution is 2.35. The molecule has 0 N–H and O–H groups in total. The Morgan fingerprint density at radius 1 is 0.974 bits per heavy atom. The van der Waals surface area contributed by atoms with Gasteiger partial charge < -0.3 is 9.47 Å². The summed E-state index contributed by atoms with van der Waals surface area (Å²) in [4.78, 5) is 14.9. The summed E-state index contributed by atoms with van der Waals surface area (Å²) in [6.07, 6.45) is 10.1. The second kappa shape index (κ2) is 14.7. The first-order chi connectivity index (χ1) is 18.3. The largest absolute Gasteiger partial charge is 0.493 e. The van der Waals surface area contributed by atoms with Crippen LogP contribution in [0.2, 0.25) is 0 Å². The summed E-state index contributed by atoms with van der Waals surface area (Å²) >= 11 is 4.35. The Bertz CT molecular complexity index is 1260. The number of nitrogens with zero attached hydrogens (tertiary/aromatic N) is 2. The Hall–Kier alpha value is -2.30. The molecule has 2 aromatic carbocycles. The van der Waals surface area contributed by atoms with Crippen molar-refractivity contribution in [2.24, 2.45) is 4.40 Å². The minimum atomic E-state index is -3.97. The van der Waals surface area contributed by atoms with E-state index in [1.807, 2.05) is 12.1 Å². The van der Waals surface area contributed by atoms with Crippen molar-refractivity contribution in [2.75, 3.05) is 20.3 Å². The van der Waals surface area contributed by atoms with Crippen LogP contribution in [0, 0.1) is 0 Å². The van der Waals surface area contributed by atoms with Gasteiger partial charge in [0.05, 0.1) is 23.5 Å². The topological polar surface area (TPSA) is 85.3 Å². The summed E-state index contributed by atoms with van der Waals surface area (Å²) in [6.45, 7) is 4.89. The number of thioether (sulfide) groups is 1. The number of rotatable bonds is 14. The lowest BCUT2D eigenvalue weighted by Crippen LogP contribution is -2.29. The third-order valence-electron chi connectivity index (χ3n) is 6.00. The van der Waals surface area contributed by atoms with Crippen molar-refractivity contribution in [3.8, 4) is 11.5 Å². The quantitative estimate of drug-likeness (QED) is 0.163. The minimum absolute atomic E-state index is 0.0626. The first-order valence-corrected chi connectivity index (χ1v) is 16.0. The number of amidine groups is 1. The third-order valence-corrected chi connectivity index (χ3v) is 8.94. The molecule has 0 aromatic heterocycles. The standard InChI is InChI=1S/C28H35BrN2O5S2/c1-4-6-7-8-9-10-11-18-36-25-19-21(12-17-24(25)35-3)20-26-27(32)31(5-2)28(37-26)30-38(33,34)23-15-13-22(29)14-16-23/h12-17,19-20H,4-11,18H2,1-3H3/b26-20-,30-28?. The van der Waals surface area contributed by atoms with Gasteiger partial charge in [0.2, 0.25) is 0 Å². The van der Waals surface area contributed by atoms with Crippen LogP contribution in [-0.4, -0.2) is 44.7 Å². The smallest absolute Gasteiger partial charge is 0.284 e. The number of amides is 1. The van der Waals surface area contributed by atoms with Crippen molar-refractivity contribution < 1.29 is 22.7 Å². The summed E-state index contributed by atoms with van der Waals surface area (Å²) in [5.41, 5.74) is 0.754. The Labute approximate surface area is 238 Å². The fraction of sp³-hybridized carbons (Fsp3) is 0.429. The number of sulfonamides is 1. The van der Waals surface area contributed by atoms with Gasteiger partial charge in [-0.1, -0.05) is 67.4 Å². The molecule has 2 aromatic rings. The van der Waals surface area contributed by atoms with Gasteiger partial charge in [-0.3, -0.25) is 9.69 Å². The van der Waals surface area contributed by atoms with Crippen molar-refractivity contribution in [3.63, 3.8) is 0 Å².